The summed E-state index contributed by atoms with van der Waals surface area (Å²) in [6.45, 7) is 1.11. The molecule has 1 aromatic heterocycles. The first-order valence-corrected chi connectivity index (χ1v) is 12.4. The zero-order chi connectivity index (χ0) is 24.7. The van der Waals surface area contributed by atoms with E-state index < -0.39 is 5.97 Å². The third-order valence-electron chi connectivity index (χ3n) is 6.66. The van der Waals surface area contributed by atoms with Crippen LogP contribution in [-0.2, 0) is 16.0 Å². The zero-order valence-electron chi connectivity index (χ0n) is 20.1. The topological polar surface area (TPSA) is 64.4 Å². The van der Waals surface area contributed by atoms with Crippen molar-refractivity contribution in [2.24, 2.45) is 5.92 Å². The van der Waals surface area contributed by atoms with Crippen LogP contribution in [0.5, 0.6) is 0 Å². The monoisotopic (exact) mass is 479 g/mol. The van der Waals surface area contributed by atoms with E-state index in [-0.39, 0.29) is 12.5 Å². The molecular formula is C30H29N3O3. The normalized spacial score (nSPS) is 13.9. The van der Waals surface area contributed by atoms with Crippen LogP contribution in [-0.4, -0.2) is 46.3 Å². The highest BCUT2D eigenvalue weighted by molar-refractivity contribution is 5.97. The Morgan fingerprint density at radius 1 is 0.833 bits per heavy atom. The Morgan fingerprint density at radius 3 is 2.11 bits per heavy atom. The van der Waals surface area contributed by atoms with E-state index in [0.717, 1.165) is 30.5 Å². The molecule has 0 radical (unpaired) electrons. The predicted molar refractivity (Wildman–Crippen MR) is 139 cm³/mol. The highest BCUT2D eigenvalue weighted by Gasteiger charge is 2.25. The van der Waals surface area contributed by atoms with Crippen LogP contribution in [0.1, 0.15) is 28.8 Å². The second kappa shape index (κ2) is 11.0. The first-order chi connectivity index (χ1) is 17.7. The number of esters is 1. The van der Waals surface area contributed by atoms with Gasteiger partial charge >= 0.3 is 5.97 Å². The number of nitrogens with zero attached hydrogens (tertiary/aromatic N) is 3. The summed E-state index contributed by atoms with van der Waals surface area (Å²) in [5.41, 5.74) is 3.84. The number of carbonyl (C=O) groups excluding carboxylic acids is 2. The van der Waals surface area contributed by atoms with Gasteiger partial charge in [0.05, 0.1) is 5.69 Å². The first-order valence-electron chi connectivity index (χ1n) is 12.4. The van der Waals surface area contributed by atoms with E-state index in [2.05, 4.69) is 29.4 Å². The van der Waals surface area contributed by atoms with Crippen molar-refractivity contribution in [3.8, 4) is 16.9 Å². The molecule has 0 atom stereocenters. The van der Waals surface area contributed by atoms with Gasteiger partial charge in [0.1, 0.15) is 11.3 Å². The molecule has 1 saturated heterocycles. The number of para-hydroxylation sites is 1. The summed E-state index contributed by atoms with van der Waals surface area (Å²) in [5.74, 6) is -0.141. The molecule has 1 fully saturated rings. The van der Waals surface area contributed by atoms with Gasteiger partial charge in [-0.25, -0.2) is 9.48 Å². The van der Waals surface area contributed by atoms with Crippen LogP contribution in [0.15, 0.2) is 97.2 Å². The molecule has 2 heterocycles. The fourth-order valence-electron chi connectivity index (χ4n) is 4.68. The van der Waals surface area contributed by atoms with Crippen molar-refractivity contribution in [3.63, 3.8) is 0 Å². The predicted octanol–water partition coefficient (Wildman–Crippen LogP) is 5.18. The van der Waals surface area contributed by atoms with Crippen LogP contribution in [0.4, 0.5) is 0 Å². The Hall–Kier alpha value is -4.19. The van der Waals surface area contributed by atoms with Gasteiger partial charge in [-0.3, -0.25) is 4.79 Å². The summed E-state index contributed by atoms with van der Waals surface area (Å²) in [6, 6.07) is 29.6. The molecule has 0 N–H and O–H groups in total. The Balaban J connectivity index is 1.22. The van der Waals surface area contributed by atoms with Gasteiger partial charge in [-0.2, -0.15) is 5.10 Å². The lowest BCUT2D eigenvalue weighted by Gasteiger charge is -2.32. The lowest BCUT2D eigenvalue weighted by atomic mass is 9.90. The van der Waals surface area contributed by atoms with Gasteiger partial charge in [0.25, 0.3) is 5.91 Å². The van der Waals surface area contributed by atoms with Crippen molar-refractivity contribution in [2.45, 2.75) is 19.3 Å². The first kappa shape index (κ1) is 23.5. The van der Waals surface area contributed by atoms with Gasteiger partial charge in [-0.15, -0.1) is 0 Å². The van der Waals surface area contributed by atoms with Gasteiger partial charge in [-0.1, -0.05) is 78.9 Å². The Morgan fingerprint density at radius 2 is 1.44 bits per heavy atom. The Labute approximate surface area is 211 Å². The molecule has 0 spiro atoms. The molecule has 4 aromatic rings. The minimum absolute atomic E-state index is 0.154. The summed E-state index contributed by atoms with van der Waals surface area (Å²) < 4.78 is 7.16. The third-order valence-corrected chi connectivity index (χ3v) is 6.66. The molecule has 0 aliphatic carbocycles. The maximum Gasteiger partial charge on any atom is 0.342 e. The van der Waals surface area contributed by atoms with Crippen molar-refractivity contribution in [1.82, 2.24) is 14.7 Å². The SMILES string of the molecule is O=C(OCC(=O)N1CCC(Cc2ccccc2)CC1)c1cn(-c2ccccc2)nc1-c1ccccc1. The zero-order valence-corrected chi connectivity index (χ0v) is 20.1. The molecule has 182 valence electrons. The van der Waals surface area contributed by atoms with Crippen molar-refractivity contribution >= 4 is 11.9 Å². The molecule has 0 saturated carbocycles. The van der Waals surface area contributed by atoms with Gasteiger partial charge in [0, 0.05) is 24.8 Å². The third kappa shape index (κ3) is 5.54. The number of rotatable bonds is 7. The minimum atomic E-state index is -0.552. The van der Waals surface area contributed by atoms with Gasteiger partial charge < -0.3 is 9.64 Å². The molecule has 1 amide bonds. The number of hydrogen-bond acceptors (Lipinski definition) is 4. The van der Waals surface area contributed by atoms with Crippen LogP contribution < -0.4 is 0 Å². The lowest BCUT2D eigenvalue weighted by Crippen LogP contribution is -2.41. The minimum Gasteiger partial charge on any atom is -0.452 e. The van der Waals surface area contributed by atoms with E-state index in [4.69, 9.17) is 4.74 Å². The lowest BCUT2D eigenvalue weighted by molar-refractivity contribution is -0.135. The summed E-state index contributed by atoms with van der Waals surface area (Å²) in [5, 5.41) is 4.65. The second-order valence-electron chi connectivity index (χ2n) is 9.13. The van der Waals surface area contributed by atoms with Gasteiger partial charge in [0.15, 0.2) is 6.61 Å². The molecule has 6 heteroatoms. The van der Waals surface area contributed by atoms with E-state index in [1.54, 1.807) is 15.8 Å². The molecular weight excluding hydrogens is 450 g/mol. The largest absolute Gasteiger partial charge is 0.452 e. The standard InChI is InChI=1S/C30H29N3O3/c34-28(32-18-16-24(17-19-32)20-23-10-4-1-5-11-23)22-36-30(35)27-21-33(26-14-8-3-9-15-26)31-29(27)25-12-6-2-7-13-25/h1-15,21,24H,16-20,22H2. The molecule has 0 bridgehead atoms. The van der Waals surface area contributed by atoms with Crippen molar-refractivity contribution < 1.29 is 14.3 Å². The van der Waals surface area contributed by atoms with Crippen LogP contribution in [0.2, 0.25) is 0 Å². The van der Waals surface area contributed by atoms with Crippen LogP contribution in [0, 0.1) is 5.92 Å². The summed E-state index contributed by atoms with van der Waals surface area (Å²) in [7, 11) is 0. The fraction of sp³-hybridized carbons (Fsp3) is 0.233. The average molecular weight is 480 g/mol. The van der Waals surface area contributed by atoms with Crippen LogP contribution in [0.25, 0.3) is 16.9 Å². The number of amides is 1. The molecule has 5 rings (SSSR count). The van der Waals surface area contributed by atoms with Crippen molar-refractivity contribution in [1.29, 1.82) is 0 Å². The number of carbonyl (C=O) groups is 2. The smallest absolute Gasteiger partial charge is 0.342 e. The Bertz CT molecular complexity index is 1300. The fourth-order valence-corrected chi connectivity index (χ4v) is 4.68. The highest BCUT2D eigenvalue weighted by atomic mass is 16.5. The number of likely N-dealkylation sites (tertiary alicyclic amines) is 1. The summed E-state index contributed by atoms with van der Waals surface area (Å²) in [6.07, 6.45) is 4.61. The number of piperidine rings is 1. The molecule has 3 aromatic carbocycles. The molecule has 1 aliphatic heterocycles. The van der Waals surface area contributed by atoms with Gasteiger partial charge in [-0.05, 0) is 42.9 Å². The number of benzene rings is 3. The second-order valence-corrected chi connectivity index (χ2v) is 9.13. The number of aromatic nitrogens is 2. The van der Waals surface area contributed by atoms with E-state index in [0.29, 0.717) is 30.3 Å². The van der Waals surface area contributed by atoms with Crippen LogP contribution >= 0.6 is 0 Å². The van der Waals surface area contributed by atoms with E-state index in [9.17, 15) is 9.59 Å². The van der Waals surface area contributed by atoms with E-state index >= 15 is 0 Å². The molecule has 36 heavy (non-hydrogen) atoms. The molecule has 0 unspecified atom stereocenters. The molecule has 1 aliphatic rings. The number of hydrogen-bond donors (Lipinski definition) is 0. The maximum atomic E-state index is 13.1. The highest BCUT2D eigenvalue weighted by Crippen LogP contribution is 2.25. The summed E-state index contributed by atoms with van der Waals surface area (Å²) in [4.78, 5) is 27.7. The average Bonchev–Trinajstić information content (AvgIpc) is 3.39. The Kier molecular flexibility index (Phi) is 7.22. The van der Waals surface area contributed by atoms with Crippen LogP contribution in [0.3, 0.4) is 0 Å². The summed E-state index contributed by atoms with van der Waals surface area (Å²) >= 11 is 0. The maximum absolute atomic E-state index is 13.1. The van der Waals surface area contributed by atoms with Crippen molar-refractivity contribution in [3.05, 3.63) is 108 Å². The number of ether oxygens (including phenoxy) is 1. The quantitative estimate of drug-likeness (QED) is 0.343. The van der Waals surface area contributed by atoms with E-state index in [1.807, 2.05) is 66.7 Å². The van der Waals surface area contributed by atoms with E-state index in [1.165, 1.54) is 5.56 Å². The van der Waals surface area contributed by atoms with Crippen molar-refractivity contribution in [2.75, 3.05) is 19.7 Å². The molecule has 6 nitrogen and oxygen atoms in total. The van der Waals surface area contributed by atoms with Gasteiger partial charge in [0.2, 0.25) is 0 Å².